The first-order chi connectivity index (χ1) is 9.44. The van der Waals surface area contributed by atoms with Crippen molar-refractivity contribution in [3.05, 3.63) is 17.7 Å². The highest BCUT2D eigenvalue weighted by molar-refractivity contribution is 7.91. The van der Waals surface area contributed by atoms with Crippen LogP contribution in [-0.2, 0) is 34.0 Å². The summed E-state index contributed by atoms with van der Waals surface area (Å²) in [7, 11) is -2.85. The summed E-state index contributed by atoms with van der Waals surface area (Å²) in [5, 5.41) is 9.06. The second kappa shape index (κ2) is 4.87. The average Bonchev–Trinajstić information content (AvgIpc) is 2.93. The molecule has 20 heavy (non-hydrogen) atoms. The number of carbonyl (C=O) groups is 1. The molecule has 6 nitrogen and oxygen atoms in total. The minimum Gasteiger partial charge on any atom is -0.481 e. The first-order valence-electron chi connectivity index (χ1n) is 6.91. The Balaban J connectivity index is 1.73. The summed E-state index contributed by atoms with van der Waals surface area (Å²) in [5.74, 6) is 0.536. The lowest BCUT2D eigenvalue weighted by Crippen LogP contribution is -2.26. The molecule has 1 saturated heterocycles. The molecule has 2 aliphatic heterocycles. The summed E-state index contributed by atoms with van der Waals surface area (Å²) in [4.78, 5) is 15.4. The SMILES string of the molecule is O=C(O)C1CCn2c(cnc2CC2CCS(=O)(=O)C2)C1. The zero-order chi connectivity index (χ0) is 14.3. The zero-order valence-corrected chi connectivity index (χ0v) is 12.0. The largest absolute Gasteiger partial charge is 0.481 e. The van der Waals surface area contributed by atoms with Crippen molar-refractivity contribution in [2.45, 2.75) is 32.2 Å². The van der Waals surface area contributed by atoms with Crippen LogP contribution in [0.3, 0.4) is 0 Å². The van der Waals surface area contributed by atoms with E-state index in [-0.39, 0.29) is 23.3 Å². The Labute approximate surface area is 117 Å². The highest BCUT2D eigenvalue weighted by Gasteiger charge is 2.31. The van der Waals surface area contributed by atoms with Gasteiger partial charge in [0.15, 0.2) is 9.84 Å². The van der Waals surface area contributed by atoms with Crippen LogP contribution in [0.25, 0.3) is 0 Å². The molecule has 0 aliphatic carbocycles. The number of aliphatic carboxylic acids is 1. The maximum atomic E-state index is 11.5. The number of hydrogen-bond donors (Lipinski definition) is 1. The van der Waals surface area contributed by atoms with Crippen molar-refractivity contribution >= 4 is 15.8 Å². The van der Waals surface area contributed by atoms with Gasteiger partial charge in [-0.25, -0.2) is 13.4 Å². The number of carboxylic acids is 1. The summed E-state index contributed by atoms with van der Waals surface area (Å²) in [5.41, 5.74) is 0.958. The molecule has 3 heterocycles. The third-order valence-electron chi connectivity index (χ3n) is 4.32. The number of hydrogen-bond acceptors (Lipinski definition) is 4. The molecule has 1 aromatic heterocycles. The normalized spacial score (nSPS) is 28.2. The molecule has 1 aromatic rings. The van der Waals surface area contributed by atoms with Crippen molar-refractivity contribution in [2.75, 3.05) is 11.5 Å². The van der Waals surface area contributed by atoms with E-state index in [4.69, 9.17) is 5.11 Å². The van der Waals surface area contributed by atoms with E-state index in [9.17, 15) is 13.2 Å². The van der Waals surface area contributed by atoms with E-state index >= 15 is 0 Å². The molecule has 0 radical (unpaired) electrons. The number of nitrogens with zero attached hydrogens (tertiary/aromatic N) is 2. The monoisotopic (exact) mass is 298 g/mol. The highest BCUT2D eigenvalue weighted by atomic mass is 32.2. The van der Waals surface area contributed by atoms with Crippen LogP contribution in [0.2, 0.25) is 0 Å². The van der Waals surface area contributed by atoms with Gasteiger partial charge in [-0.15, -0.1) is 0 Å². The van der Waals surface area contributed by atoms with Gasteiger partial charge in [0, 0.05) is 31.3 Å². The minimum atomic E-state index is -2.85. The van der Waals surface area contributed by atoms with Crippen molar-refractivity contribution < 1.29 is 18.3 Å². The average molecular weight is 298 g/mol. The van der Waals surface area contributed by atoms with Crippen LogP contribution in [-0.4, -0.2) is 40.6 Å². The van der Waals surface area contributed by atoms with Crippen molar-refractivity contribution in [1.29, 1.82) is 0 Å². The molecular formula is C13H18N2O4S. The zero-order valence-electron chi connectivity index (χ0n) is 11.2. The molecule has 0 saturated carbocycles. The molecule has 2 unspecified atom stereocenters. The van der Waals surface area contributed by atoms with Crippen molar-refractivity contribution in [3.8, 4) is 0 Å². The quantitative estimate of drug-likeness (QED) is 0.878. The smallest absolute Gasteiger partial charge is 0.306 e. The van der Waals surface area contributed by atoms with Gasteiger partial charge in [0.05, 0.1) is 17.4 Å². The number of fused-ring (bicyclic) bond motifs is 1. The number of imidazole rings is 1. The van der Waals surface area contributed by atoms with Gasteiger partial charge in [-0.3, -0.25) is 4.79 Å². The molecule has 2 atom stereocenters. The van der Waals surface area contributed by atoms with Crippen molar-refractivity contribution in [3.63, 3.8) is 0 Å². The molecule has 1 fully saturated rings. The Bertz CT molecular complexity index is 635. The lowest BCUT2D eigenvalue weighted by Gasteiger charge is -2.22. The fourth-order valence-corrected chi connectivity index (χ4v) is 5.06. The molecule has 7 heteroatoms. The minimum absolute atomic E-state index is 0.156. The fourth-order valence-electron chi connectivity index (χ4n) is 3.19. The summed E-state index contributed by atoms with van der Waals surface area (Å²) in [6, 6.07) is 0. The van der Waals surface area contributed by atoms with E-state index in [0.29, 0.717) is 32.2 Å². The molecule has 3 rings (SSSR count). The Hall–Kier alpha value is -1.37. The van der Waals surface area contributed by atoms with Gasteiger partial charge in [-0.2, -0.15) is 0 Å². The Morgan fingerprint density at radius 2 is 2.25 bits per heavy atom. The molecule has 110 valence electrons. The van der Waals surface area contributed by atoms with E-state index in [1.165, 1.54) is 0 Å². The van der Waals surface area contributed by atoms with Gasteiger partial charge in [0.25, 0.3) is 0 Å². The standard InChI is InChI=1S/C13H18N2O4S/c16-13(17)10-1-3-15-11(6-10)7-14-12(15)5-9-2-4-20(18,19)8-9/h7,9-10H,1-6,8H2,(H,16,17). The predicted molar refractivity (Wildman–Crippen MR) is 72.1 cm³/mol. The summed E-state index contributed by atoms with van der Waals surface area (Å²) in [6.45, 7) is 0.668. The predicted octanol–water partition coefficient (Wildman–Crippen LogP) is 0.507. The highest BCUT2D eigenvalue weighted by Crippen LogP contribution is 2.26. The van der Waals surface area contributed by atoms with Gasteiger partial charge >= 0.3 is 5.97 Å². The third-order valence-corrected chi connectivity index (χ3v) is 6.16. The van der Waals surface area contributed by atoms with Crippen LogP contribution < -0.4 is 0 Å². The number of sulfone groups is 1. The van der Waals surface area contributed by atoms with Crippen molar-refractivity contribution in [1.82, 2.24) is 9.55 Å². The molecule has 1 N–H and O–H groups in total. The molecule has 0 aromatic carbocycles. The fraction of sp³-hybridized carbons (Fsp3) is 0.692. The lowest BCUT2D eigenvalue weighted by atomic mass is 9.96. The second-order valence-corrected chi connectivity index (χ2v) is 8.05. The molecule has 0 amide bonds. The van der Waals surface area contributed by atoms with Crippen LogP contribution in [0.15, 0.2) is 6.20 Å². The maximum Gasteiger partial charge on any atom is 0.306 e. The summed E-state index contributed by atoms with van der Waals surface area (Å²) < 4.78 is 25.0. The van der Waals surface area contributed by atoms with Gasteiger partial charge < -0.3 is 9.67 Å². The maximum absolute atomic E-state index is 11.5. The molecular weight excluding hydrogens is 280 g/mol. The van der Waals surface area contributed by atoms with Crippen LogP contribution >= 0.6 is 0 Å². The number of carboxylic acid groups (broad SMARTS) is 1. The van der Waals surface area contributed by atoms with Crippen LogP contribution in [0, 0.1) is 11.8 Å². The van der Waals surface area contributed by atoms with E-state index in [1.54, 1.807) is 6.20 Å². The lowest BCUT2D eigenvalue weighted by molar-refractivity contribution is -0.142. The number of aromatic nitrogens is 2. The van der Waals surface area contributed by atoms with Crippen LogP contribution in [0.4, 0.5) is 0 Å². The Morgan fingerprint density at radius 1 is 1.45 bits per heavy atom. The van der Waals surface area contributed by atoms with Crippen LogP contribution in [0.5, 0.6) is 0 Å². The first-order valence-corrected chi connectivity index (χ1v) is 8.73. The molecule has 0 spiro atoms. The van der Waals surface area contributed by atoms with Crippen LogP contribution in [0.1, 0.15) is 24.4 Å². The van der Waals surface area contributed by atoms with E-state index in [0.717, 1.165) is 11.5 Å². The van der Waals surface area contributed by atoms with Gasteiger partial charge in [0.2, 0.25) is 0 Å². The Kier molecular flexibility index (Phi) is 3.32. The first kappa shape index (κ1) is 13.6. The van der Waals surface area contributed by atoms with E-state index in [2.05, 4.69) is 9.55 Å². The van der Waals surface area contributed by atoms with Gasteiger partial charge in [0.1, 0.15) is 5.82 Å². The topological polar surface area (TPSA) is 89.3 Å². The molecule has 0 bridgehead atoms. The second-order valence-electron chi connectivity index (χ2n) is 5.82. The van der Waals surface area contributed by atoms with E-state index < -0.39 is 15.8 Å². The summed E-state index contributed by atoms with van der Waals surface area (Å²) >= 11 is 0. The number of rotatable bonds is 3. The van der Waals surface area contributed by atoms with Gasteiger partial charge in [-0.1, -0.05) is 0 Å². The Morgan fingerprint density at radius 3 is 2.90 bits per heavy atom. The third kappa shape index (κ3) is 2.59. The van der Waals surface area contributed by atoms with E-state index in [1.807, 2.05) is 0 Å². The van der Waals surface area contributed by atoms with Crippen molar-refractivity contribution in [2.24, 2.45) is 11.8 Å². The van der Waals surface area contributed by atoms with Gasteiger partial charge in [-0.05, 0) is 18.8 Å². The summed E-state index contributed by atoms with van der Waals surface area (Å²) in [6.07, 6.45) is 4.27. The molecule has 2 aliphatic rings.